The lowest BCUT2D eigenvalue weighted by Gasteiger charge is -2.09. The maximum absolute atomic E-state index is 10.9. The number of carbonyl (C=O) groups is 2. The highest BCUT2D eigenvalue weighted by molar-refractivity contribution is 7.99. The maximum atomic E-state index is 10.9. The molecule has 0 saturated heterocycles. The number of thioether (sulfide) groups is 1. The minimum atomic E-state index is -1.03. The molecule has 1 unspecified atom stereocenters. The number of carboxylic acids is 2. The summed E-state index contributed by atoms with van der Waals surface area (Å²) >= 11 is 1.57. The minimum Gasteiger partial charge on any atom is -0.481 e. The zero-order valence-corrected chi connectivity index (χ0v) is 16.1. The highest BCUT2D eigenvalue weighted by atomic mass is 32.2. The molecule has 2 N–H and O–H groups in total. The molecular weight excluding hydrogens is 324 g/mol. The summed E-state index contributed by atoms with van der Waals surface area (Å²) in [7, 11) is 0. The van der Waals surface area contributed by atoms with Crippen LogP contribution in [-0.4, -0.2) is 33.7 Å². The Balaban J connectivity index is 3.30. The van der Waals surface area contributed by atoms with E-state index in [1.54, 1.807) is 11.8 Å². The van der Waals surface area contributed by atoms with Crippen LogP contribution in [0.1, 0.15) is 90.4 Å². The van der Waals surface area contributed by atoms with E-state index in [0.717, 1.165) is 12.2 Å². The quantitative estimate of drug-likeness (QED) is 0.311. The van der Waals surface area contributed by atoms with Gasteiger partial charge in [0.25, 0.3) is 0 Å². The first-order valence-corrected chi connectivity index (χ1v) is 10.8. The fraction of sp³-hybridized carbons (Fsp3) is 0.895. The highest BCUT2D eigenvalue weighted by Crippen LogP contribution is 2.16. The first kappa shape index (κ1) is 23.3. The number of unbranched alkanes of at least 4 members (excludes halogenated alkanes) is 11. The fourth-order valence-corrected chi connectivity index (χ4v) is 3.82. The van der Waals surface area contributed by atoms with E-state index >= 15 is 0 Å². The molecule has 0 amide bonds. The molecule has 4 nitrogen and oxygen atoms in total. The Labute approximate surface area is 151 Å². The number of rotatable bonds is 18. The van der Waals surface area contributed by atoms with E-state index in [-0.39, 0.29) is 6.42 Å². The molecule has 0 aromatic rings. The van der Waals surface area contributed by atoms with Crippen LogP contribution in [0.5, 0.6) is 0 Å². The molecule has 0 aromatic heterocycles. The van der Waals surface area contributed by atoms with Gasteiger partial charge >= 0.3 is 11.9 Å². The van der Waals surface area contributed by atoms with Gasteiger partial charge in [-0.3, -0.25) is 9.59 Å². The molecule has 24 heavy (non-hydrogen) atoms. The van der Waals surface area contributed by atoms with Gasteiger partial charge in [-0.25, -0.2) is 0 Å². The lowest BCUT2D eigenvalue weighted by Crippen LogP contribution is -2.20. The molecule has 0 radical (unpaired) electrons. The van der Waals surface area contributed by atoms with Crippen molar-refractivity contribution in [2.45, 2.75) is 90.4 Å². The van der Waals surface area contributed by atoms with E-state index < -0.39 is 17.9 Å². The summed E-state index contributed by atoms with van der Waals surface area (Å²) in [5.74, 6) is -1.46. The van der Waals surface area contributed by atoms with Gasteiger partial charge in [0.2, 0.25) is 0 Å². The molecule has 142 valence electrons. The second-order valence-electron chi connectivity index (χ2n) is 6.60. The highest BCUT2D eigenvalue weighted by Gasteiger charge is 2.20. The Kier molecular flexibility index (Phi) is 16.6. The molecule has 0 aliphatic heterocycles. The normalized spacial score (nSPS) is 12.2. The van der Waals surface area contributed by atoms with Crippen molar-refractivity contribution in [3.63, 3.8) is 0 Å². The van der Waals surface area contributed by atoms with Gasteiger partial charge in [-0.2, -0.15) is 11.8 Å². The molecule has 0 heterocycles. The van der Waals surface area contributed by atoms with Crippen LogP contribution in [0.4, 0.5) is 0 Å². The van der Waals surface area contributed by atoms with Crippen molar-refractivity contribution >= 4 is 23.7 Å². The van der Waals surface area contributed by atoms with Crippen molar-refractivity contribution in [1.82, 2.24) is 0 Å². The summed E-state index contributed by atoms with van der Waals surface area (Å²) in [4.78, 5) is 21.5. The average Bonchev–Trinajstić information content (AvgIpc) is 2.53. The Morgan fingerprint density at radius 2 is 1.25 bits per heavy atom. The van der Waals surface area contributed by atoms with Crippen molar-refractivity contribution in [1.29, 1.82) is 0 Å². The van der Waals surface area contributed by atoms with Crippen LogP contribution in [0, 0.1) is 5.92 Å². The first-order valence-electron chi connectivity index (χ1n) is 9.60. The molecule has 0 spiro atoms. The van der Waals surface area contributed by atoms with Crippen molar-refractivity contribution < 1.29 is 19.8 Å². The number of hydrogen-bond acceptors (Lipinski definition) is 3. The molecule has 0 bridgehead atoms. The summed E-state index contributed by atoms with van der Waals surface area (Å²) in [5, 5.41) is 17.6. The van der Waals surface area contributed by atoms with Gasteiger partial charge in [0.15, 0.2) is 0 Å². The molecule has 0 rings (SSSR count). The largest absolute Gasteiger partial charge is 0.481 e. The monoisotopic (exact) mass is 360 g/mol. The SMILES string of the molecule is CCCCCCCCCCCCCCSCC(CC(=O)O)C(=O)O. The van der Waals surface area contributed by atoms with Crippen LogP contribution in [0.2, 0.25) is 0 Å². The lowest BCUT2D eigenvalue weighted by atomic mass is 10.1. The molecule has 0 aliphatic rings. The third-order valence-electron chi connectivity index (χ3n) is 4.23. The molecule has 0 aliphatic carbocycles. The predicted octanol–water partition coefficient (Wildman–Crippen LogP) is 5.60. The van der Waals surface area contributed by atoms with Gasteiger partial charge in [-0.05, 0) is 12.2 Å². The smallest absolute Gasteiger partial charge is 0.307 e. The fourth-order valence-electron chi connectivity index (χ4n) is 2.70. The summed E-state index contributed by atoms with van der Waals surface area (Å²) in [6, 6.07) is 0. The summed E-state index contributed by atoms with van der Waals surface area (Å²) < 4.78 is 0. The van der Waals surface area contributed by atoms with Crippen molar-refractivity contribution in [2.24, 2.45) is 5.92 Å². The van der Waals surface area contributed by atoms with Crippen molar-refractivity contribution in [3.8, 4) is 0 Å². The Hall–Kier alpha value is -0.710. The van der Waals surface area contributed by atoms with Crippen molar-refractivity contribution in [3.05, 3.63) is 0 Å². The summed E-state index contributed by atoms with van der Waals surface area (Å²) in [6.45, 7) is 2.25. The molecule has 1 atom stereocenters. The third-order valence-corrected chi connectivity index (χ3v) is 5.45. The van der Waals surface area contributed by atoms with Crippen molar-refractivity contribution in [2.75, 3.05) is 11.5 Å². The van der Waals surface area contributed by atoms with Gasteiger partial charge in [-0.15, -0.1) is 0 Å². The first-order chi connectivity index (χ1) is 11.6. The van der Waals surface area contributed by atoms with E-state index in [0.29, 0.717) is 5.75 Å². The van der Waals surface area contributed by atoms with Gasteiger partial charge in [0, 0.05) is 5.75 Å². The van der Waals surface area contributed by atoms with Gasteiger partial charge in [0.05, 0.1) is 12.3 Å². The van der Waals surface area contributed by atoms with Crippen LogP contribution in [-0.2, 0) is 9.59 Å². The lowest BCUT2D eigenvalue weighted by molar-refractivity contribution is -0.147. The Morgan fingerprint density at radius 1 is 0.792 bits per heavy atom. The van der Waals surface area contributed by atoms with Gasteiger partial charge in [0.1, 0.15) is 0 Å². The molecule has 5 heteroatoms. The van der Waals surface area contributed by atoms with E-state index in [1.807, 2.05) is 0 Å². The second-order valence-corrected chi connectivity index (χ2v) is 7.75. The van der Waals surface area contributed by atoms with Gasteiger partial charge in [-0.1, -0.05) is 77.6 Å². The van der Waals surface area contributed by atoms with E-state index in [2.05, 4.69) is 6.92 Å². The molecule has 0 fully saturated rings. The Morgan fingerprint density at radius 3 is 1.67 bits per heavy atom. The topological polar surface area (TPSA) is 74.6 Å². The molecular formula is C19H36O4S. The zero-order valence-electron chi connectivity index (χ0n) is 15.3. The maximum Gasteiger partial charge on any atom is 0.307 e. The number of carboxylic acid groups (broad SMARTS) is 2. The average molecular weight is 361 g/mol. The van der Waals surface area contributed by atoms with E-state index in [9.17, 15) is 9.59 Å². The minimum absolute atomic E-state index is 0.277. The van der Waals surface area contributed by atoms with Crippen LogP contribution < -0.4 is 0 Å². The predicted molar refractivity (Wildman–Crippen MR) is 102 cm³/mol. The van der Waals surface area contributed by atoms with Crippen LogP contribution in [0.25, 0.3) is 0 Å². The van der Waals surface area contributed by atoms with E-state index in [1.165, 1.54) is 70.6 Å². The summed E-state index contributed by atoms with van der Waals surface area (Å²) in [5.41, 5.74) is 0. The van der Waals surface area contributed by atoms with E-state index in [4.69, 9.17) is 10.2 Å². The Bertz CT molecular complexity index is 320. The molecule has 0 saturated carbocycles. The molecule has 0 aromatic carbocycles. The van der Waals surface area contributed by atoms with Crippen LogP contribution >= 0.6 is 11.8 Å². The van der Waals surface area contributed by atoms with Gasteiger partial charge < -0.3 is 10.2 Å². The second kappa shape index (κ2) is 17.1. The summed E-state index contributed by atoms with van der Waals surface area (Å²) in [6.07, 6.45) is 15.5. The zero-order chi connectivity index (χ0) is 18.0. The third kappa shape index (κ3) is 16.2. The van der Waals surface area contributed by atoms with Crippen LogP contribution in [0.3, 0.4) is 0 Å². The standard InChI is InChI=1S/C19H36O4S/c1-2-3-4-5-6-7-8-9-10-11-12-13-14-24-16-17(19(22)23)15-18(20)21/h17H,2-16H2,1H3,(H,20,21)(H,22,23). The number of aliphatic carboxylic acids is 2. The number of hydrogen-bond donors (Lipinski definition) is 2. The van der Waals surface area contributed by atoms with Crippen LogP contribution in [0.15, 0.2) is 0 Å².